The second-order valence-corrected chi connectivity index (χ2v) is 9.22. The van der Waals surface area contributed by atoms with Crippen LogP contribution in [0, 0.1) is 0 Å². The van der Waals surface area contributed by atoms with E-state index in [9.17, 15) is 8.42 Å². The van der Waals surface area contributed by atoms with Crippen molar-refractivity contribution in [3.63, 3.8) is 0 Å². The largest absolute Gasteiger partial charge is 0.281 e. The fraction of sp³-hybridized carbons (Fsp3) is 0.588. The summed E-state index contributed by atoms with van der Waals surface area (Å²) < 4.78 is 29.7. The van der Waals surface area contributed by atoms with Crippen molar-refractivity contribution >= 4 is 10.2 Å². The Kier molecular flexibility index (Phi) is 5.40. The quantitative estimate of drug-likeness (QED) is 0.793. The van der Waals surface area contributed by atoms with Gasteiger partial charge in [-0.15, -0.1) is 0 Å². The lowest BCUT2D eigenvalue weighted by Crippen LogP contribution is -2.45. The molecular weight excluding hydrogens is 352 g/mol. The fourth-order valence-corrected chi connectivity index (χ4v) is 4.41. The smallest absolute Gasteiger partial charge is 0.270 e. The maximum atomic E-state index is 12.5. The van der Waals surface area contributed by atoms with Crippen molar-refractivity contribution in [2.75, 3.05) is 27.2 Å². The molecule has 1 saturated heterocycles. The summed E-state index contributed by atoms with van der Waals surface area (Å²) in [5.41, 5.74) is 2.54. The number of piperidine rings is 1. The van der Waals surface area contributed by atoms with E-state index in [4.69, 9.17) is 0 Å². The Hall–Kier alpha value is -1.84. The third kappa shape index (κ3) is 3.65. The monoisotopic (exact) mass is 378 g/mol. The van der Waals surface area contributed by atoms with Crippen molar-refractivity contribution in [3.8, 4) is 11.3 Å². The molecule has 2 aromatic heterocycles. The molecule has 0 bridgehead atoms. The third-order valence-corrected chi connectivity index (χ3v) is 6.60. The molecule has 26 heavy (non-hydrogen) atoms. The van der Waals surface area contributed by atoms with Gasteiger partial charge in [-0.2, -0.15) is 22.1 Å². The van der Waals surface area contributed by atoms with Crippen LogP contribution in [0.3, 0.4) is 0 Å². The number of hydrogen-bond donors (Lipinski definition) is 0. The van der Waals surface area contributed by atoms with E-state index in [1.165, 1.54) is 8.61 Å². The topological polar surface area (TPSA) is 84.2 Å². The average molecular weight is 379 g/mol. The highest BCUT2D eigenvalue weighted by atomic mass is 32.2. The van der Waals surface area contributed by atoms with Crippen LogP contribution >= 0.6 is 0 Å². The molecule has 8 nitrogen and oxygen atoms in total. The van der Waals surface area contributed by atoms with Crippen molar-refractivity contribution in [2.45, 2.75) is 38.6 Å². The lowest BCUT2D eigenvalue weighted by Gasteiger charge is -2.33. The van der Waals surface area contributed by atoms with Crippen LogP contribution in [0.1, 0.15) is 44.3 Å². The van der Waals surface area contributed by atoms with Crippen LogP contribution in [0.2, 0.25) is 0 Å². The first kappa shape index (κ1) is 18.9. The Bertz CT molecular complexity index is 862. The molecule has 0 saturated carbocycles. The van der Waals surface area contributed by atoms with Crippen LogP contribution in [0.4, 0.5) is 0 Å². The van der Waals surface area contributed by atoms with Crippen molar-refractivity contribution < 1.29 is 8.42 Å². The molecule has 0 aliphatic carbocycles. The zero-order valence-electron chi connectivity index (χ0n) is 15.7. The average Bonchev–Trinajstić information content (AvgIpc) is 3.12. The van der Waals surface area contributed by atoms with Gasteiger partial charge in [-0.1, -0.05) is 0 Å². The number of aromatic nitrogens is 4. The molecule has 142 valence electrons. The van der Waals surface area contributed by atoms with Gasteiger partial charge in [0.2, 0.25) is 0 Å². The highest BCUT2D eigenvalue weighted by molar-refractivity contribution is 7.86. The zero-order valence-corrected chi connectivity index (χ0v) is 16.5. The van der Waals surface area contributed by atoms with Crippen molar-refractivity contribution in [2.24, 2.45) is 0 Å². The van der Waals surface area contributed by atoms with Crippen molar-refractivity contribution in [1.82, 2.24) is 28.4 Å². The molecule has 1 unspecified atom stereocenters. The Morgan fingerprint density at radius 3 is 2.62 bits per heavy atom. The van der Waals surface area contributed by atoms with Crippen LogP contribution in [-0.2, 0) is 10.2 Å². The Morgan fingerprint density at radius 1 is 1.23 bits per heavy atom. The Labute approximate surface area is 155 Å². The van der Waals surface area contributed by atoms with Crippen LogP contribution < -0.4 is 0 Å². The lowest BCUT2D eigenvalue weighted by molar-refractivity contribution is 0.296. The molecular formula is C17H26N6O2S. The van der Waals surface area contributed by atoms with Gasteiger partial charge in [-0.3, -0.25) is 14.6 Å². The van der Waals surface area contributed by atoms with Crippen LogP contribution in [0.5, 0.6) is 0 Å². The van der Waals surface area contributed by atoms with Gasteiger partial charge in [0.1, 0.15) is 0 Å². The van der Waals surface area contributed by atoms with Crippen molar-refractivity contribution in [1.29, 1.82) is 0 Å². The summed E-state index contributed by atoms with van der Waals surface area (Å²) in [7, 11) is -0.298. The van der Waals surface area contributed by atoms with Gasteiger partial charge < -0.3 is 0 Å². The molecule has 3 rings (SSSR count). The van der Waals surface area contributed by atoms with Gasteiger partial charge in [0, 0.05) is 63.3 Å². The highest BCUT2D eigenvalue weighted by Crippen LogP contribution is 2.32. The van der Waals surface area contributed by atoms with E-state index in [1.807, 2.05) is 10.9 Å². The van der Waals surface area contributed by atoms with Gasteiger partial charge in [-0.25, -0.2) is 0 Å². The number of rotatable bonds is 5. The summed E-state index contributed by atoms with van der Waals surface area (Å²) in [6.45, 7) is 5.10. The minimum atomic E-state index is -3.42. The Balaban J connectivity index is 1.92. The van der Waals surface area contributed by atoms with E-state index >= 15 is 0 Å². The lowest BCUT2D eigenvalue weighted by atomic mass is 9.93. The van der Waals surface area contributed by atoms with Gasteiger partial charge in [0.05, 0.1) is 17.6 Å². The fourth-order valence-electron chi connectivity index (χ4n) is 3.22. The predicted molar refractivity (Wildman–Crippen MR) is 99.8 cm³/mol. The first-order valence-corrected chi connectivity index (χ1v) is 10.2. The van der Waals surface area contributed by atoms with E-state index in [1.54, 1.807) is 32.7 Å². The van der Waals surface area contributed by atoms with Crippen molar-refractivity contribution in [3.05, 3.63) is 30.5 Å². The standard InChI is InChI=1S/C17H26N6O2S/c1-13(2)23-12-15(10-20-23)17-16(18-7-8-19-17)14-6-5-9-22(11-14)26(24,25)21(3)4/h7-8,10,12-14H,5-6,9,11H2,1-4H3. The van der Waals surface area contributed by atoms with E-state index in [0.29, 0.717) is 13.1 Å². The van der Waals surface area contributed by atoms with Gasteiger partial charge >= 0.3 is 0 Å². The summed E-state index contributed by atoms with van der Waals surface area (Å²) in [5.74, 6) is 0.0181. The summed E-state index contributed by atoms with van der Waals surface area (Å²) in [6, 6.07) is 0.263. The molecule has 0 radical (unpaired) electrons. The molecule has 0 spiro atoms. The molecule has 0 aromatic carbocycles. The summed E-state index contributed by atoms with van der Waals surface area (Å²) in [4.78, 5) is 9.08. The van der Waals surface area contributed by atoms with Gasteiger partial charge in [-0.05, 0) is 26.7 Å². The zero-order chi connectivity index (χ0) is 18.9. The molecule has 1 atom stereocenters. The predicted octanol–water partition coefficient (Wildman–Crippen LogP) is 1.91. The van der Waals surface area contributed by atoms with E-state index in [-0.39, 0.29) is 12.0 Å². The second kappa shape index (κ2) is 7.42. The van der Waals surface area contributed by atoms with Crippen LogP contribution in [0.15, 0.2) is 24.8 Å². The maximum Gasteiger partial charge on any atom is 0.281 e. The Morgan fingerprint density at radius 2 is 1.96 bits per heavy atom. The molecule has 2 aromatic rings. The second-order valence-electron chi connectivity index (χ2n) is 7.08. The summed E-state index contributed by atoms with van der Waals surface area (Å²) in [6.07, 6.45) is 8.80. The maximum absolute atomic E-state index is 12.5. The highest BCUT2D eigenvalue weighted by Gasteiger charge is 2.33. The number of nitrogens with zero attached hydrogens (tertiary/aromatic N) is 6. The molecule has 1 fully saturated rings. The first-order chi connectivity index (χ1) is 12.3. The third-order valence-electron chi connectivity index (χ3n) is 4.69. The molecule has 9 heteroatoms. The van der Waals surface area contributed by atoms with Gasteiger partial charge in [0.25, 0.3) is 10.2 Å². The normalized spacial score (nSPS) is 19.4. The summed E-state index contributed by atoms with van der Waals surface area (Å²) >= 11 is 0. The van der Waals surface area contributed by atoms with Crippen LogP contribution in [0.25, 0.3) is 11.3 Å². The minimum Gasteiger partial charge on any atom is -0.270 e. The molecule has 0 amide bonds. The SMILES string of the molecule is CC(C)n1cc(-c2nccnc2C2CCCN(S(=O)(=O)N(C)C)C2)cn1. The van der Waals surface area contributed by atoms with E-state index in [2.05, 4.69) is 28.9 Å². The number of hydrogen-bond acceptors (Lipinski definition) is 5. The molecule has 1 aliphatic heterocycles. The van der Waals surface area contributed by atoms with Crippen LogP contribution in [-0.4, -0.2) is 64.0 Å². The molecule has 0 N–H and O–H groups in total. The molecule has 1 aliphatic rings. The van der Waals surface area contributed by atoms with Gasteiger partial charge in [0.15, 0.2) is 0 Å². The molecule has 3 heterocycles. The minimum absolute atomic E-state index is 0.0181. The van der Waals surface area contributed by atoms with E-state index < -0.39 is 10.2 Å². The summed E-state index contributed by atoms with van der Waals surface area (Å²) in [5, 5.41) is 4.39. The van der Waals surface area contributed by atoms with E-state index in [0.717, 1.165) is 29.8 Å². The first-order valence-electron chi connectivity index (χ1n) is 8.83.